The SMILES string of the molecule is CCCS(=O)(=O)N(C)C(C)C(N)=NO. The van der Waals surface area contributed by atoms with Gasteiger partial charge < -0.3 is 10.9 Å². The monoisotopic (exact) mass is 223 g/mol. The Balaban J connectivity index is 4.70. The number of nitrogens with two attached hydrogens (primary N) is 1. The van der Waals surface area contributed by atoms with Crippen LogP contribution in [0.2, 0.25) is 0 Å². The van der Waals surface area contributed by atoms with Crippen LogP contribution < -0.4 is 5.73 Å². The summed E-state index contributed by atoms with van der Waals surface area (Å²) in [6.45, 7) is 3.34. The Kier molecular flexibility index (Phi) is 4.86. The molecule has 0 spiro atoms. The van der Waals surface area contributed by atoms with Crippen LogP contribution in [-0.4, -0.2) is 42.6 Å². The number of nitrogens with zero attached hydrogens (tertiary/aromatic N) is 2. The maximum absolute atomic E-state index is 11.5. The molecule has 0 aromatic rings. The summed E-state index contributed by atoms with van der Waals surface area (Å²) in [7, 11) is -1.89. The van der Waals surface area contributed by atoms with Crippen LogP contribution in [0.15, 0.2) is 5.16 Å². The fraction of sp³-hybridized carbons (Fsp3) is 0.857. The molecule has 0 fully saturated rings. The molecule has 84 valence electrons. The third kappa shape index (κ3) is 3.15. The summed E-state index contributed by atoms with van der Waals surface area (Å²) in [6.07, 6.45) is 0.537. The summed E-state index contributed by atoms with van der Waals surface area (Å²) in [5.74, 6) is -0.0563. The number of rotatable bonds is 5. The van der Waals surface area contributed by atoms with Gasteiger partial charge in [-0.2, -0.15) is 4.31 Å². The van der Waals surface area contributed by atoms with Gasteiger partial charge in [0.2, 0.25) is 10.0 Å². The second kappa shape index (κ2) is 5.16. The molecule has 7 heteroatoms. The lowest BCUT2D eigenvalue weighted by molar-refractivity contribution is 0.311. The summed E-state index contributed by atoms with van der Waals surface area (Å²) in [4.78, 5) is 0. The summed E-state index contributed by atoms with van der Waals surface area (Å²) in [5.41, 5.74) is 5.30. The molecule has 0 aliphatic rings. The van der Waals surface area contributed by atoms with Gasteiger partial charge in [-0.3, -0.25) is 0 Å². The first-order chi connectivity index (χ1) is 6.36. The van der Waals surface area contributed by atoms with Gasteiger partial charge >= 0.3 is 0 Å². The van der Waals surface area contributed by atoms with Gasteiger partial charge in [0.05, 0.1) is 11.8 Å². The lowest BCUT2D eigenvalue weighted by Gasteiger charge is -2.22. The standard InChI is InChI=1S/C7H17N3O3S/c1-4-5-14(12,13)10(3)6(2)7(8)9-11/h6,11H,4-5H2,1-3H3,(H2,8,9). The van der Waals surface area contributed by atoms with Crippen molar-refractivity contribution in [3.05, 3.63) is 0 Å². The van der Waals surface area contributed by atoms with Gasteiger partial charge in [0, 0.05) is 7.05 Å². The third-order valence-electron chi connectivity index (χ3n) is 1.99. The molecule has 1 atom stereocenters. The molecule has 14 heavy (non-hydrogen) atoms. The minimum atomic E-state index is -3.30. The molecule has 6 nitrogen and oxygen atoms in total. The summed E-state index contributed by atoms with van der Waals surface area (Å²) < 4.78 is 24.2. The Morgan fingerprint density at radius 1 is 1.64 bits per heavy atom. The van der Waals surface area contributed by atoms with Crippen LogP contribution >= 0.6 is 0 Å². The second-order valence-electron chi connectivity index (χ2n) is 3.03. The van der Waals surface area contributed by atoms with E-state index in [2.05, 4.69) is 5.16 Å². The van der Waals surface area contributed by atoms with Gasteiger partial charge in [-0.05, 0) is 13.3 Å². The molecule has 0 saturated heterocycles. The molecule has 0 bridgehead atoms. The molecule has 0 aromatic carbocycles. The largest absolute Gasteiger partial charge is 0.409 e. The average Bonchev–Trinajstić information content (AvgIpc) is 2.14. The highest BCUT2D eigenvalue weighted by atomic mass is 32.2. The zero-order valence-corrected chi connectivity index (χ0v) is 9.45. The van der Waals surface area contributed by atoms with Gasteiger partial charge in [-0.25, -0.2) is 8.42 Å². The number of likely N-dealkylation sites (N-methyl/N-ethyl adjacent to an activating group) is 1. The molecule has 0 amide bonds. The molecule has 0 aliphatic carbocycles. The number of oxime groups is 1. The van der Waals surface area contributed by atoms with E-state index >= 15 is 0 Å². The van der Waals surface area contributed by atoms with Crippen molar-refractivity contribution in [2.75, 3.05) is 12.8 Å². The van der Waals surface area contributed by atoms with E-state index in [9.17, 15) is 8.42 Å². The number of amidine groups is 1. The Labute approximate surface area is 84.4 Å². The number of hydrogen-bond donors (Lipinski definition) is 2. The van der Waals surface area contributed by atoms with Gasteiger partial charge in [0.25, 0.3) is 0 Å². The molecule has 1 unspecified atom stereocenters. The van der Waals surface area contributed by atoms with Gasteiger partial charge in [-0.1, -0.05) is 12.1 Å². The van der Waals surface area contributed by atoms with E-state index in [4.69, 9.17) is 10.9 Å². The van der Waals surface area contributed by atoms with Crippen LogP contribution in [-0.2, 0) is 10.0 Å². The Bertz CT molecular complexity index is 299. The number of hydrogen-bond acceptors (Lipinski definition) is 4. The van der Waals surface area contributed by atoms with Gasteiger partial charge in [-0.15, -0.1) is 0 Å². The topological polar surface area (TPSA) is 96.0 Å². The first kappa shape index (κ1) is 13.2. The van der Waals surface area contributed by atoms with Crippen LogP contribution in [0.25, 0.3) is 0 Å². The highest BCUT2D eigenvalue weighted by Gasteiger charge is 2.24. The second-order valence-corrected chi connectivity index (χ2v) is 5.18. The quantitative estimate of drug-likeness (QED) is 0.292. The van der Waals surface area contributed by atoms with E-state index in [1.807, 2.05) is 0 Å². The molecule has 0 rings (SSSR count). The van der Waals surface area contributed by atoms with E-state index < -0.39 is 16.1 Å². The van der Waals surface area contributed by atoms with Crippen LogP contribution in [0.4, 0.5) is 0 Å². The maximum atomic E-state index is 11.5. The highest BCUT2D eigenvalue weighted by molar-refractivity contribution is 7.89. The fourth-order valence-corrected chi connectivity index (χ4v) is 2.31. The molecule has 3 N–H and O–H groups in total. The molecule has 0 aromatic heterocycles. The van der Waals surface area contributed by atoms with E-state index in [1.54, 1.807) is 13.8 Å². The van der Waals surface area contributed by atoms with Crippen molar-refractivity contribution >= 4 is 15.9 Å². The third-order valence-corrected chi connectivity index (χ3v) is 4.11. The molecule has 0 aliphatic heterocycles. The Hall–Kier alpha value is -0.820. The van der Waals surface area contributed by atoms with Crippen molar-refractivity contribution in [2.24, 2.45) is 10.9 Å². The lowest BCUT2D eigenvalue weighted by Crippen LogP contribution is -2.44. The van der Waals surface area contributed by atoms with Crippen LogP contribution in [0.1, 0.15) is 20.3 Å². The van der Waals surface area contributed by atoms with Crippen molar-refractivity contribution < 1.29 is 13.6 Å². The smallest absolute Gasteiger partial charge is 0.214 e. The first-order valence-electron chi connectivity index (χ1n) is 4.30. The van der Waals surface area contributed by atoms with E-state index in [1.165, 1.54) is 7.05 Å². The van der Waals surface area contributed by atoms with Crippen molar-refractivity contribution in [3.8, 4) is 0 Å². The van der Waals surface area contributed by atoms with Gasteiger partial charge in [0.15, 0.2) is 5.84 Å². The zero-order valence-electron chi connectivity index (χ0n) is 8.64. The van der Waals surface area contributed by atoms with Crippen molar-refractivity contribution in [1.29, 1.82) is 0 Å². The minimum absolute atomic E-state index is 0.0621. The zero-order chi connectivity index (χ0) is 11.4. The molecule has 0 radical (unpaired) electrons. The maximum Gasteiger partial charge on any atom is 0.214 e. The Morgan fingerprint density at radius 2 is 2.14 bits per heavy atom. The van der Waals surface area contributed by atoms with E-state index in [-0.39, 0.29) is 11.6 Å². The Morgan fingerprint density at radius 3 is 2.50 bits per heavy atom. The first-order valence-corrected chi connectivity index (χ1v) is 5.90. The predicted molar refractivity (Wildman–Crippen MR) is 54.7 cm³/mol. The lowest BCUT2D eigenvalue weighted by atomic mass is 10.3. The fourth-order valence-electron chi connectivity index (χ4n) is 0.913. The minimum Gasteiger partial charge on any atom is -0.409 e. The van der Waals surface area contributed by atoms with Crippen LogP contribution in [0.5, 0.6) is 0 Å². The number of sulfonamides is 1. The van der Waals surface area contributed by atoms with E-state index in [0.29, 0.717) is 6.42 Å². The summed E-state index contributed by atoms with van der Waals surface area (Å²) >= 11 is 0. The average molecular weight is 223 g/mol. The normalized spacial score (nSPS) is 15.9. The van der Waals surface area contributed by atoms with Crippen molar-refractivity contribution in [1.82, 2.24) is 4.31 Å². The van der Waals surface area contributed by atoms with Crippen LogP contribution in [0.3, 0.4) is 0 Å². The molecular formula is C7H17N3O3S. The summed E-state index contributed by atoms with van der Waals surface area (Å²) in [6, 6.07) is -0.628. The van der Waals surface area contributed by atoms with Crippen molar-refractivity contribution in [3.63, 3.8) is 0 Å². The van der Waals surface area contributed by atoms with E-state index in [0.717, 1.165) is 4.31 Å². The summed E-state index contributed by atoms with van der Waals surface area (Å²) in [5, 5.41) is 11.2. The van der Waals surface area contributed by atoms with Crippen LogP contribution in [0, 0.1) is 0 Å². The predicted octanol–water partition coefficient (Wildman–Crippen LogP) is -0.207. The molecule has 0 heterocycles. The molecule has 0 saturated carbocycles. The highest BCUT2D eigenvalue weighted by Crippen LogP contribution is 2.05. The molecular weight excluding hydrogens is 206 g/mol. The van der Waals surface area contributed by atoms with Crippen molar-refractivity contribution in [2.45, 2.75) is 26.3 Å². The van der Waals surface area contributed by atoms with Gasteiger partial charge in [0.1, 0.15) is 0 Å².